The normalized spacial score (nSPS) is 12.2. The molecule has 0 saturated carbocycles. The first-order valence-electron chi connectivity index (χ1n) is 6.25. The quantitative estimate of drug-likeness (QED) is 0.515. The van der Waals surface area contributed by atoms with Gasteiger partial charge in [-0.3, -0.25) is 0 Å². The molecule has 0 unspecified atom stereocenters. The summed E-state index contributed by atoms with van der Waals surface area (Å²) < 4.78 is 25.3. The largest absolute Gasteiger partial charge is 0.389 e. The molecule has 0 heterocycles. The Kier molecular flexibility index (Phi) is 6.03. The summed E-state index contributed by atoms with van der Waals surface area (Å²) in [6.07, 6.45) is 3.10. The van der Waals surface area contributed by atoms with Gasteiger partial charge in [0.25, 0.3) is 0 Å². The van der Waals surface area contributed by atoms with Crippen LogP contribution in [0.15, 0.2) is 23.1 Å². The van der Waals surface area contributed by atoms with Gasteiger partial charge in [0, 0.05) is 28.2 Å². The molecule has 21 heavy (non-hydrogen) atoms. The van der Waals surface area contributed by atoms with Crippen LogP contribution in [0, 0.1) is 0 Å². The predicted octanol–water partition coefficient (Wildman–Crippen LogP) is 1.78. The number of nitrogens with two attached hydrogens (primary N) is 1. The van der Waals surface area contributed by atoms with Crippen LogP contribution in [0.1, 0.15) is 19.4 Å². The number of sulfonamides is 1. The fourth-order valence-corrected chi connectivity index (χ4v) is 3.96. The highest BCUT2D eigenvalue weighted by Gasteiger charge is 2.22. The van der Waals surface area contributed by atoms with E-state index < -0.39 is 15.6 Å². The van der Waals surface area contributed by atoms with E-state index in [1.807, 2.05) is 24.5 Å². The second kappa shape index (κ2) is 6.95. The van der Waals surface area contributed by atoms with Crippen molar-refractivity contribution in [1.29, 1.82) is 0 Å². The van der Waals surface area contributed by atoms with Crippen LogP contribution in [-0.2, 0) is 10.0 Å². The van der Waals surface area contributed by atoms with E-state index in [0.717, 1.165) is 22.4 Å². The number of hydrogen-bond acceptors (Lipinski definition) is 5. The number of benzene rings is 1. The lowest BCUT2D eigenvalue weighted by Crippen LogP contribution is -2.47. The zero-order valence-corrected chi connectivity index (χ0v) is 15.0. The first kappa shape index (κ1) is 18.2. The third-order valence-corrected chi connectivity index (χ3v) is 4.58. The van der Waals surface area contributed by atoms with E-state index in [1.54, 1.807) is 25.6 Å². The topological polar surface area (TPSA) is 84.2 Å². The molecule has 0 amide bonds. The summed E-state index contributed by atoms with van der Waals surface area (Å²) in [5.41, 5.74) is 6.76. The molecule has 0 fully saturated rings. The highest BCUT2D eigenvalue weighted by molar-refractivity contribution is 7.98. The molecule has 5 nitrogen and oxygen atoms in total. The maximum atomic E-state index is 11.4. The molecule has 0 bridgehead atoms. The van der Waals surface area contributed by atoms with Crippen LogP contribution in [0.5, 0.6) is 0 Å². The first-order chi connectivity index (χ1) is 9.56. The Morgan fingerprint density at radius 1 is 1.43 bits per heavy atom. The summed E-state index contributed by atoms with van der Waals surface area (Å²) >= 11 is 6.67. The zero-order chi connectivity index (χ0) is 16.3. The summed E-state index contributed by atoms with van der Waals surface area (Å²) in [6, 6.07) is 5.74. The van der Waals surface area contributed by atoms with E-state index in [0.29, 0.717) is 11.5 Å². The maximum Gasteiger partial charge on any atom is 0.209 e. The number of hydrogen-bond donors (Lipinski definition) is 3. The van der Waals surface area contributed by atoms with Crippen molar-refractivity contribution in [2.45, 2.75) is 24.3 Å². The van der Waals surface area contributed by atoms with E-state index in [9.17, 15) is 8.42 Å². The highest BCUT2D eigenvalue weighted by atomic mass is 32.2. The monoisotopic (exact) mass is 347 g/mol. The second-order valence-electron chi connectivity index (χ2n) is 5.36. The zero-order valence-electron chi connectivity index (χ0n) is 12.6. The molecule has 0 spiro atoms. The fourth-order valence-electron chi connectivity index (χ4n) is 1.96. The van der Waals surface area contributed by atoms with Crippen molar-refractivity contribution >= 4 is 44.7 Å². The predicted molar refractivity (Wildman–Crippen MR) is 94.7 cm³/mol. The van der Waals surface area contributed by atoms with Crippen molar-refractivity contribution in [3.63, 3.8) is 0 Å². The molecular weight excluding hydrogens is 326 g/mol. The lowest BCUT2D eigenvalue weighted by molar-refractivity contribution is 0.476. The Hall–Kier alpha value is -0.830. The average molecular weight is 348 g/mol. The van der Waals surface area contributed by atoms with Crippen LogP contribution in [0.25, 0.3) is 0 Å². The molecule has 0 aliphatic heterocycles. The second-order valence-corrected chi connectivity index (χ2v) is 8.40. The third kappa shape index (κ3) is 5.82. The molecular formula is C13H21N3O2S3. The van der Waals surface area contributed by atoms with Crippen molar-refractivity contribution in [2.75, 3.05) is 24.4 Å². The summed E-state index contributed by atoms with van der Waals surface area (Å²) in [5.74, 6) is 0. The molecule has 118 valence electrons. The van der Waals surface area contributed by atoms with E-state index in [-0.39, 0.29) is 0 Å². The molecule has 0 aliphatic carbocycles. The number of nitrogens with one attached hydrogen (secondary N) is 2. The summed E-state index contributed by atoms with van der Waals surface area (Å²) in [7, 11) is -3.27. The number of thioether (sulfide) groups is 1. The lowest BCUT2D eigenvalue weighted by atomic mass is 10.1. The van der Waals surface area contributed by atoms with Gasteiger partial charge in [0.1, 0.15) is 4.99 Å². The Labute approximate surface area is 136 Å². The van der Waals surface area contributed by atoms with Crippen LogP contribution >= 0.6 is 24.0 Å². The van der Waals surface area contributed by atoms with Gasteiger partial charge in [0.05, 0.1) is 6.26 Å². The van der Waals surface area contributed by atoms with Gasteiger partial charge >= 0.3 is 0 Å². The van der Waals surface area contributed by atoms with Gasteiger partial charge in [0.2, 0.25) is 10.0 Å². The Balaban J connectivity index is 2.97. The van der Waals surface area contributed by atoms with Crippen LogP contribution in [-0.4, -0.2) is 38.0 Å². The van der Waals surface area contributed by atoms with Crippen molar-refractivity contribution in [3.8, 4) is 0 Å². The third-order valence-electron chi connectivity index (χ3n) is 2.68. The molecule has 0 aromatic heterocycles. The average Bonchev–Trinajstić information content (AvgIpc) is 2.32. The Morgan fingerprint density at radius 3 is 2.52 bits per heavy atom. The van der Waals surface area contributed by atoms with Gasteiger partial charge in [-0.15, -0.1) is 11.8 Å². The molecule has 0 saturated heterocycles. The number of anilines is 1. The van der Waals surface area contributed by atoms with Crippen molar-refractivity contribution < 1.29 is 8.42 Å². The van der Waals surface area contributed by atoms with E-state index in [4.69, 9.17) is 18.0 Å². The Bertz CT molecular complexity index is 628. The summed E-state index contributed by atoms with van der Waals surface area (Å²) in [5, 5.41) is 3.22. The lowest BCUT2D eigenvalue weighted by Gasteiger charge is -2.26. The van der Waals surface area contributed by atoms with Gasteiger partial charge in [0.15, 0.2) is 0 Å². The van der Waals surface area contributed by atoms with Crippen LogP contribution < -0.4 is 15.8 Å². The Morgan fingerprint density at radius 2 is 2.05 bits per heavy atom. The first-order valence-corrected chi connectivity index (χ1v) is 9.78. The summed E-state index contributed by atoms with van der Waals surface area (Å²) in [4.78, 5) is 1.30. The molecule has 1 aromatic carbocycles. The van der Waals surface area contributed by atoms with Gasteiger partial charge in [-0.25, -0.2) is 13.1 Å². The summed E-state index contributed by atoms with van der Waals surface area (Å²) in [6.45, 7) is 4.02. The molecule has 0 aliphatic rings. The van der Waals surface area contributed by atoms with Crippen molar-refractivity contribution in [1.82, 2.24) is 4.72 Å². The fraction of sp³-hybridized carbons (Fsp3) is 0.462. The van der Waals surface area contributed by atoms with Gasteiger partial charge < -0.3 is 11.1 Å². The van der Waals surface area contributed by atoms with Crippen molar-refractivity contribution in [3.05, 3.63) is 23.8 Å². The van der Waals surface area contributed by atoms with E-state index in [1.165, 1.54) is 0 Å². The minimum atomic E-state index is -3.27. The highest BCUT2D eigenvalue weighted by Crippen LogP contribution is 2.27. The molecule has 0 atom stereocenters. The molecule has 4 N–H and O–H groups in total. The molecule has 8 heteroatoms. The van der Waals surface area contributed by atoms with Crippen LogP contribution in [0.4, 0.5) is 5.69 Å². The minimum Gasteiger partial charge on any atom is -0.389 e. The molecule has 1 aromatic rings. The maximum absolute atomic E-state index is 11.4. The minimum absolute atomic E-state index is 0.316. The van der Waals surface area contributed by atoms with Gasteiger partial charge in [-0.2, -0.15) is 0 Å². The molecule has 1 rings (SSSR count). The standard InChI is InChI=1S/C13H21N3O2S3/c1-13(2,16-21(4,17)18)8-15-9-6-5-7-10(20-3)11(9)12(14)19/h5-7,15-16H,8H2,1-4H3,(H2,14,19). The number of thiocarbonyl (C=S) groups is 1. The van der Waals surface area contributed by atoms with Crippen LogP contribution in [0.2, 0.25) is 0 Å². The smallest absolute Gasteiger partial charge is 0.209 e. The van der Waals surface area contributed by atoms with Gasteiger partial charge in [-0.1, -0.05) is 18.3 Å². The number of rotatable bonds is 7. The SMILES string of the molecule is CSc1cccc(NCC(C)(C)NS(C)(=O)=O)c1C(N)=S. The molecule has 0 radical (unpaired) electrons. The van der Waals surface area contributed by atoms with Crippen molar-refractivity contribution in [2.24, 2.45) is 5.73 Å². The van der Waals surface area contributed by atoms with Gasteiger partial charge in [-0.05, 0) is 32.2 Å². The van der Waals surface area contributed by atoms with E-state index in [2.05, 4.69) is 10.0 Å². The van der Waals surface area contributed by atoms with Crippen LogP contribution in [0.3, 0.4) is 0 Å². The van der Waals surface area contributed by atoms with E-state index >= 15 is 0 Å².